The Morgan fingerprint density at radius 2 is 1.89 bits per heavy atom. The molecule has 1 aliphatic heterocycles. The quantitative estimate of drug-likeness (QED) is 0.307. The van der Waals surface area contributed by atoms with Crippen molar-refractivity contribution in [1.29, 1.82) is 0 Å². The van der Waals surface area contributed by atoms with E-state index >= 15 is 0 Å². The predicted molar refractivity (Wildman–Crippen MR) is 141 cm³/mol. The fraction of sp³-hybridized carbons (Fsp3) is 0.333. The summed E-state index contributed by atoms with van der Waals surface area (Å²) in [6, 6.07) is 11.4. The topological polar surface area (TPSA) is 75.9 Å². The van der Waals surface area contributed by atoms with Gasteiger partial charge in [0.2, 0.25) is 5.95 Å². The summed E-state index contributed by atoms with van der Waals surface area (Å²) >= 11 is 6.32. The second-order valence-electron chi connectivity index (χ2n) is 10.0. The van der Waals surface area contributed by atoms with Gasteiger partial charge in [-0.25, -0.2) is 24.1 Å². The standard InChI is InChI=1S/C27H28ClFN6O2/c1-27(2,3)37-26(36)34-15-5-6-21(34)20-13-14-30-25(31-20)33(4)24-23(17-7-10-19(29)11-8-17)32-22-12-9-18(28)16-35(22)24/h7-14,16,21H,5-6,15H2,1-4H3. The second kappa shape index (κ2) is 9.63. The van der Waals surface area contributed by atoms with Gasteiger partial charge in [-0.1, -0.05) is 11.6 Å². The van der Waals surface area contributed by atoms with Crippen molar-refractivity contribution >= 4 is 35.1 Å². The first kappa shape index (κ1) is 25.0. The Hall–Kier alpha value is -3.72. The van der Waals surface area contributed by atoms with Crippen LogP contribution in [-0.4, -0.2) is 49.5 Å². The van der Waals surface area contributed by atoms with Gasteiger partial charge in [-0.15, -0.1) is 0 Å². The maximum atomic E-state index is 13.6. The van der Waals surface area contributed by atoms with Gasteiger partial charge >= 0.3 is 6.09 Å². The van der Waals surface area contributed by atoms with Crippen LogP contribution < -0.4 is 4.90 Å². The zero-order chi connectivity index (χ0) is 26.3. The Kier molecular flexibility index (Phi) is 6.49. The molecule has 0 bridgehead atoms. The maximum absolute atomic E-state index is 13.6. The van der Waals surface area contributed by atoms with E-state index in [0.717, 1.165) is 24.1 Å². The lowest BCUT2D eigenvalue weighted by Gasteiger charge is -2.28. The Morgan fingerprint density at radius 1 is 1.14 bits per heavy atom. The minimum Gasteiger partial charge on any atom is -0.444 e. The van der Waals surface area contributed by atoms with Gasteiger partial charge in [-0.05, 0) is 76.1 Å². The Labute approximate surface area is 219 Å². The van der Waals surface area contributed by atoms with Crippen molar-refractivity contribution in [1.82, 2.24) is 24.3 Å². The van der Waals surface area contributed by atoms with Crippen LogP contribution in [0.3, 0.4) is 0 Å². The lowest BCUT2D eigenvalue weighted by Crippen LogP contribution is -2.36. The predicted octanol–water partition coefficient (Wildman–Crippen LogP) is 6.42. The van der Waals surface area contributed by atoms with Crippen molar-refractivity contribution in [2.75, 3.05) is 18.5 Å². The zero-order valence-electron chi connectivity index (χ0n) is 21.2. The smallest absolute Gasteiger partial charge is 0.410 e. The zero-order valence-corrected chi connectivity index (χ0v) is 21.9. The number of hydrogen-bond donors (Lipinski definition) is 0. The van der Waals surface area contributed by atoms with Gasteiger partial charge in [-0.3, -0.25) is 14.2 Å². The molecule has 0 N–H and O–H groups in total. The number of carbonyl (C=O) groups excluding carboxylic acids is 1. The minimum absolute atomic E-state index is 0.210. The third kappa shape index (κ3) is 5.09. The van der Waals surface area contributed by atoms with E-state index in [4.69, 9.17) is 26.3 Å². The fourth-order valence-corrected chi connectivity index (χ4v) is 4.71. The largest absolute Gasteiger partial charge is 0.444 e. The van der Waals surface area contributed by atoms with E-state index < -0.39 is 5.60 Å². The number of anilines is 2. The third-order valence-corrected chi connectivity index (χ3v) is 6.40. The first-order valence-electron chi connectivity index (χ1n) is 12.1. The molecule has 10 heteroatoms. The molecule has 1 saturated heterocycles. The van der Waals surface area contributed by atoms with Crippen molar-refractivity contribution < 1.29 is 13.9 Å². The summed E-state index contributed by atoms with van der Waals surface area (Å²) < 4.78 is 21.1. The van der Waals surface area contributed by atoms with E-state index in [1.54, 1.807) is 35.5 Å². The van der Waals surface area contributed by atoms with E-state index in [0.29, 0.717) is 34.7 Å². The van der Waals surface area contributed by atoms with Crippen molar-refractivity contribution in [3.63, 3.8) is 0 Å². The van der Waals surface area contributed by atoms with Crippen LogP contribution in [-0.2, 0) is 4.74 Å². The van der Waals surface area contributed by atoms with E-state index in [9.17, 15) is 9.18 Å². The monoisotopic (exact) mass is 522 g/mol. The van der Waals surface area contributed by atoms with E-state index in [-0.39, 0.29) is 18.0 Å². The van der Waals surface area contributed by atoms with Crippen LogP contribution in [0.25, 0.3) is 16.9 Å². The average molecular weight is 523 g/mol. The third-order valence-electron chi connectivity index (χ3n) is 6.18. The van der Waals surface area contributed by atoms with Gasteiger partial charge in [0, 0.05) is 31.5 Å². The van der Waals surface area contributed by atoms with Crippen LogP contribution in [0.15, 0.2) is 54.9 Å². The van der Waals surface area contributed by atoms with Gasteiger partial charge in [0.25, 0.3) is 0 Å². The molecule has 192 valence electrons. The van der Waals surface area contributed by atoms with Crippen molar-refractivity contribution in [3.8, 4) is 11.3 Å². The number of imidazole rings is 1. The summed E-state index contributed by atoms with van der Waals surface area (Å²) in [7, 11) is 1.84. The van der Waals surface area contributed by atoms with Crippen molar-refractivity contribution in [2.24, 2.45) is 0 Å². The lowest BCUT2D eigenvalue weighted by atomic mass is 10.1. The van der Waals surface area contributed by atoms with E-state index in [1.807, 2.05) is 49.3 Å². The maximum Gasteiger partial charge on any atom is 0.410 e. The molecular weight excluding hydrogens is 495 g/mol. The molecule has 8 nitrogen and oxygen atoms in total. The van der Waals surface area contributed by atoms with Gasteiger partial charge in [0.05, 0.1) is 16.8 Å². The molecule has 37 heavy (non-hydrogen) atoms. The normalized spacial score (nSPS) is 15.8. The molecule has 1 atom stereocenters. The molecule has 1 aliphatic rings. The summed E-state index contributed by atoms with van der Waals surface area (Å²) in [5.74, 6) is 0.781. The molecule has 0 spiro atoms. The number of fused-ring (bicyclic) bond motifs is 1. The summed E-state index contributed by atoms with van der Waals surface area (Å²) in [4.78, 5) is 30.6. The molecule has 0 aliphatic carbocycles. The van der Waals surface area contributed by atoms with Crippen molar-refractivity contribution in [2.45, 2.75) is 45.3 Å². The SMILES string of the molecule is CN(c1nccc(C2CCCN2C(=O)OC(C)(C)C)n1)c1c(-c2ccc(F)cc2)nc2ccc(Cl)cn12. The second-order valence-corrected chi connectivity index (χ2v) is 10.5. The number of carbonyl (C=O) groups is 1. The molecule has 5 rings (SSSR count). The molecule has 4 aromatic rings. The van der Waals surface area contributed by atoms with Crippen LogP contribution >= 0.6 is 11.6 Å². The average Bonchev–Trinajstić information content (AvgIpc) is 3.48. The van der Waals surface area contributed by atoms with Crippen LogP contribution in [0.5, 0.6) is 0 Å². The number of amides is 1. The molecule has 1 aromatic carbocycles. The number of pyridine rings is 1. The van der Waals surface area contributed by atoms with Gasteiger partial charge < -0.3 is 4.74 Å². The number of aromatic nitrogens is 4. The molecule has 0 saturated carbocycles. The van der Waals surface area contributed by atoms with Gasteiger partial charge in [-0.2, -0.15) is 0 Å². The Morgan fingerprint density at radius 3 is 2.62 bits per heavy atom. The molecular formula is C27H28ClFN6O2. The minimum atomic E-state index is -0.581. The van der Waals surface area contributed by atoms with Crippen LogP contribution in [0, 0.1) is 5.82 Å². The summed E-state index contributed by atoms with van der Waals surface area (Å²) in [5, 5.41) is 0.541. The lowest BCUT2D eigenvalue weighted by molar-refractivity contribution is 0.0221. The highest BCUT2D eigenvalue weighted by molar-refractivity contribution is 6.30. The van der Waals surface area contributed by atoms with Crippen molar-refractivity contribution in [3.05, 3.63) is 71.4 Å². The van der Waals surface area contributed by atoms with E-state index in [2.05, 4.69) is 4.98 Å². The Balaban J connectivity index is 1.54. The molecule has 1 amide bonds. The van der Waals surface area contributed by atoms with Crippen LogP contribution in [0.2, 0.25) is 5.02 Å². The number of likely N-dealkylation sites (tertiary alicyclic amines) is 1. The number of nitrogens with zero attached hydrogens (tertiary/aromatic N) is 6. The number of benzene rings is 1. The first-order chi connectivity index (χ1) is 17.6. The highest BCUT2D eigenvalue weighted by Gasteiger charge is 2.34. The summed E-state index contributed by atoms with van der Waals surface area (Å²) in [5.41, 5.74) is 2.20. The van der Waals surface area contributed by atoms with Gasteiger partial charge in [0.15, 0.2) is 0 Å². The molecule has 3 aromatic heterocycles. The number of rotatable bonds is 4. The number of halogens is 2. The highest BCUT2D eigenvalue weighted by atomic mass is 35.5. The summed E-state index contributed by atoms with van der Waals surface area (Å²) in [6.07, 6.45) is 4.75. The Bertz CT molecular complexity index is 1450. The molecule has 0 radical (unpaired) electrons. The van der Waals surface area contributed by atoms with E-state index in [1.165, 1.54) is 12.1 Å². The first-order valence-corrected chi connectivity index (χ1v) is 12.5. The van der Waals surface area contributed by atoms with Crippen LogP contribution in [0.1, 0.15) is 45.3 Å². The number of hydrogen-bond acceptors (Lipinski definition) is 6. The fourth-order valence-electron chi connectivity index (χ4n) is 4.55. The number of ether oxygens (including phenoxy) is 1. The molecule has 4 heterocycles. The van der Waals surface area contributed by atoms with Gasteiger partial charge in [0.1, 0.15) is 28.6 Å². The molecule has 1 fully saturated rings. The summed E-state index contributed by atoms with van der Waals surface area (Å²) in [6.45, 7) is 6.17. The van der Waals surface area contributed by atoms with Crippen LogP contribution in [0.4, 0.5) is 21.0 Å². The molecule has 1 unspecified atom stereocenters. The highest BCUT2D eigenvalue weighted by Crippen LogP contribution is 2.36.